The molecule has 1 aliphatic rings. The molecule has 1 fully saturated rings. The fourth-order valence-electron chi connectivity index (χ4n) is 2.03. The molecule has 15 heavy (non-hydrogen) atoms. The zero-order chi connectivity index (χ0) is 10.7. The van der Waals surface area contributed by atoms with Crippen molar-refractivity contribution in [2.24, 2.45) is 5.92 Å². The Morgan fingerprint density at radius 3 is 2.80 bits per heavy atom. The Hall–Kier alpha value is -0.890. The number of para-hydroxylation sites is 1. The van der Waals surface area contributed by atoms with E-state index in [0.29, 0.717) is 16.6 Å². The third kappa shape index (κ3) is 2.57. The van der Waals surface area contributed by atoms with Crippen molar-refractivity contribution in [1.29, 1.82) is 0 Å². The summed E-state index contributed by atoms with van der Waals surface area (Å²) in [6, 6.07) is 5.51. The second-order valence-corrected chi connectivity index (χ2v) is 4.52. The first-order valence-electron chi connectivity index (χ1n) is 5.44. The van der Waals surface area contributed by atoms with Gasteiger partial charge in [0.2, 0.25) is 0 Å². The van der Waals surface area contributed by atoms with Crippen LogP contribution in [0.15, 0.2) is 18.2 Å². The number of hydrogen-bond acceptors (Lipinski definition) is 2. The molecule has 0 heterocycles. The molecular weight excluding hydrogens is 210 g/mol. The summed E-state index contributed by atoms with van der Waals surface area (Å²) in [5, 5.41) is 0.568. The van der Waals surface area contributed by atoms with E-state index in [1.807, 2.05) is 12.1 Å². The van der Waals surface area contributed by atoms with Gasteiger partial charge in [-0.1, -0.05) is 30.5 Å². The number of ether oxygens (including phenoxy) is 1. The molecule has 0 radical (unpaired) electrons. The van der Waals surface area contributed by atoms with Crippen LogP contribution in [0.3, 0.4) is 0 Å². The van der Waals surface area contributed by atoms with Crippen molar-refractivity contribution in [3.8, 4) is 5.75 Å². The van der Waals surface area contributed by atoms with E-state index in [-0.39, 0.29) is 0 Å². The summed E-state index contributed by atoms with van der Waals surface area (Å²) in [7, 11) is 0. The van der Waals surface area contributed by atoms with E-state index >= 15 is 0 Å². The Morgan fingerprint density at radius 1 is 1.33 bits per heavy atom. The fraction of sp³-hybridized carbons (Fsp3) is 0.500. The highest BCUT2D eigenvalue weighted by Gasteiger charge is 2.16. The molecule has 1 aromatic rings. The van der Waals surface area contributed by atoms with Crippen molar-refractivity contribution < 1.29 is 4.74 Å². The summed E-state index contributed by atoms with van der Waals surface area (Å²) in [6.07, 6.45) is 5.22. The molecule has 3 heteroatoms. The standard InChI is InChI=1S/C12H16ClNO/c13-10-6-3-7-11(12(10)14)15-8-9-4-1-2-5-9/h3,6-7,9H,1-2,4-5,8,14H2. The molecule has 2 nitrogen and oxygen atoms in total. The summed E-state index contributed by atoms with van der Waals surface area (Å²) in [6.45, 7) is 0.768. The van der Waals surface area contributed by atoms with Crippen LogP contribution in [0.25, 0.3) is 0 Å². The average molecular weight is 226 g/mol. The van der Waals surface area contributed by atoms with Crippen molar-refractivity contribution in [3.05, 3.63) is 23.2 Å². The number of rotatable bonds is 3. The largest absolute Gasteiger partial charge is 0.491 e. The predicted octanol–water partition coefficient (Wildman–Crippen LogP) is 3.49. The van der Waals surface area contributed by atoms with Crippen LogP contribution in [-0.4, -0.2) is 6.61 Å². The third-order valence-electron chi connectivity index (χ3n) is 2.96. The van der Waals surface area contributed by atoms with E-state index < -0.39 is 0 Å². The molecule has 1 aromatic carbocycles. The first-order valence-corrected chi connectivity index (χ1v) is 5.82. The topological polar surface area (TPSA) is 35.2 Å². The van der Waals surface area contributed by atoms with Crippen LogP contribution in [0.2, 0.25) is 5.02 Å². The minimum atomic E-state index is 0.553. The van der Waals surface area contributed by atoms with Crippen molar-refractivity contribution in [2.75, 3.05) is 12.3 Å². The molecule has 0 unspecified atom stereocenters. The monoisotopic (exact) mass is 225 g/mol. The quantitative estimate of drug-likeness (QED) is 0.800. The van der Waals surface area contributed by atoms with Gasteiger partial charge in [-0.3, -0.25) is 0 Å². The maximum atomic E-state index is 5.90. The first-order chi connectivity index (χ1) is 7.27. The number of benzene rings is 1. The van der Waals surface area contributed by atoms with Gasteiger partial charge in [-0.15, -0.1) is 0 Å². The molecule has 0 bridgehead atoms. The lowest BCUT2D eigenvalue weighted by Gasteiger charge is -2.13. The fourth-order valence-corrected chi connectivity index (χ4v) is 2.19. The number of hydrogen-bond donors (Lipinski definition) is 1. The highest BCUT2D eigenvalue weighted by atomic mass is 35.5. The van der Waals surface area contributed by atoms with E-state index in [9.17, 15) is 0 Å². The van der Waals surface area contributed by atoms with Crippen molar-refractivity contribution in [1.82, 2.24) is 0 Å². The highest BCUT2D eigenvalue weighted by Crippen LogP contribution is 2.31. The molecule has 0 aliphatic heterocycles. The van der Waals surface area contributed by atoms with Gasteiger partial charge in [0.25, 0.3) is 0 Å². The lowest BCUT2D eigenvalue weighted by Crippen LogP contribution is -2.09. The second-order valence-electron chi connectivity index (χ2n) is 4.11. The Balaban J connectivity index is 1.95. The zero-order valence-electron chi connectivity index (χ0n) is 8.71. The Labute approximate surface area is 95.4 Å². The average Bonchev–Trinajstić information content (AvgIpc) is 2.73. The molecule has 0 aromatic heterocycles. The SMILES string of the molecule is Nc1c(Cl)cccc1OCC1CCCC1. The van der Waals surface area contributed by atoms with Gasteiger partial charge in [0.15, 0.2) is 0 Å². The molecule has 0 atom stereocenters. The lowest BCUT2D eigenvalue weighted by atomic mass is 10.1. The molecule has 0 amide bonds. The van der Waals surface area contributed by atoms with Crippen LogP contribution in [0, 0.1) is 5.92 Å². The molecule has 0 spiro atoms. The van der Waals surface area contributed by atoms with Crippen LogP contribution in [0.1, 0.15) is 25.7 Å². The summed E-state index contributed by atoms with van der Waals surface area (Å²) < 4.78 is 5.69. The maximum Gasteiger partial charge on any atom is 0.143 e. The predicted molar refractivity (Wildman–Crippen MR) is 63.3 cm³/mol. The van der Waals surface area contributed by atoms with E-state index in [1.54, 1.807) is 6.07 Å². The van der Waals surface area contributed by atoms with Gasteiger partial charge in [-0.25, -0.2) is 0 Å². The van der Waals surface area contributed by atoms with Gasteiger partial charge in [-0.2, -0.15) is 0 Å². The highest BCUT2D eigenvalue weighted by molar-refractivity contribution is 6.33. The molecule has 1 aliphatic carbocycles. The zero-order valence-corrected chi connectivity index (χ0v) is 9.46. The minimum absolute atomic E-state index is 0.553. The van der Waals surface area contributed by atoms with Gasteiger partial charge < -0.3 is 10.5 Å². The van der Waals surface area contributed by atoms with Crippen LogP contribution in [0.5, 0.6) is 5.75 Å². The third-order valence-corrected chi connectivity index (χ3v) is 3.29. The molecule has 82 valence electrons. The summed E-state index contributed by atoms with van der Waals surface area (Å²) in [4.78, 5) is 0. The van der Waals surface area contributed by atoms with Gasteiger partial charge >= 0.3 is 0 Å². The van der Waals surface area contributed by atoms with E-state index in [0.717, 1.165) is 12.4 Å². The summed E-state index contributed by atoms with van der Waals surface area (Å²) in [5.74, 6) is 1.41. The van der Waals surface area contributed by atoms with Crippen LogP contribution < -0.4 is 10.5 Å². The minimum Gasteiger partial charge on any atom is -0.491 e. The Kier molecular flexibility index (Phi) is 3.37. The second kappa shape index (κ2) is 4.75. The smallest absolute Gasteiger partial charge is 0.143 e. The van der Waals surface area contributed by atoms with Crippen LogP contribution >= 0.6 is 11.6 Å². The van der Waals surface area contributed by atoms with Crippen molar-refractivity contribution in [3.63, 3.8) is 0 Å². The van der Waals surface area contributed by atoms with Gasteiger partial charge in [-0.05, 0) is 30.9 Å². The van der Waals surface area contributed by atoms with E-state index in [2.05, 4.69) is 0 Å². The number of nitrogens with two attached hydrogens (primary N) is 1. The molecule has 1 saturated carbocycles. The Morgan fingerprint density at radius 2 is 2.07 bits per heavy atom. The number of halogens is 1. The molecule has 2 rings (SSSR count). The number of nitrogen functional groups attached to an aromatic ring is 1. The Bertz CT molecular complexity index is 334. The van der Waals surface area contributed by atoms with Crippen molar-refractivity contribution in [2.45, 2.75) is 25.7 Å². The van der Waals surface area contributed by atoms with Gasteiger partial charge in [0.1, 0.15) is 5.75 Å². The van der Waals surface area contributed by atoms with Gasteiger partial charge in [0.05, 0.1) is 17.3 Å². The maximum absolute atomic E-state index is 5.90. The first kappa shape index (κ1) is 10.6. The van der Waals surface area contributed by atoms with Crippen LogP contribution in [0.4, 0.5) is 5.69 Å². The molecule has 0 saturated heterocycles. The summed E-state index contributed by atoms with van der Waals surface area (Å²) in [5.41, 5.74) is 6.36. The van der Waals surface area contributed by atoms with E-state index in [4.69, 9.17) is 22.1 Å². The summed E-state index contributed by atoms with van der Waals surface area (Å²) >= 11 is 5.90. The number of anilines is 1. The normalized spacial score (nSPS) is 16.9. The molecular formula is C12H16ClNO. The molecule has 2 N–H and O–H groups in total. The van der Waals surface area contributed by atoms with Crippen LogP contribution in [-0.2, 0) is 0 Å². The lowest BCUT2D eigenvalue weighted by molar-refractivity contribution is 0.253. The van der Waals surface area contributed by atoms with Gasteiger partial charge in [0, 0.05) is 0 Å². The van der Waals surface area contributed by atoms with Crippen molar-refractivity contribution >= 4 is 17.3 Å². The van der Waals surface area contributed by atoms with E-state index in [1.165, 1.54) is 25.7 Å².